The SMILES string of the molecule is C[C@H]1CC[C@@H](C(N)=O)CN1C(=O)c1ccc2noc(-c3ccccc3)c2c1. The number of benzene rings is 2. The molecule has 138 valence electrons. The molecule has 1 aromatic heterocycles. The molecule has 4 rings (SSSR count). The number of aromatic nitrogens is 1. The highest BCUT2D eigenvalue weighted by Gasteiger charge is 2.32. The van der Waals surface area contributed by atoms with E-state index in [1.807, 2.05) is 43.3 Å². The Morgan fingerprint density at radius 3 is 2.67 bits per heavy atom. The number of carbonyl (C=O) groups is 2. The molecule has 6 nitrogen and oxygen atoms in total. The topological polar surface area (TPSA) is 89.4 Å². The second-order valence-electron chi connectivity index (χ2n) is 7.09. The van der Waals surface area contributed by atoms with Gasteiger partial charge in [0.2, 0.25) is 5.91 Å². The first-order valence-corrected chi connectivity index (χ1v) is 9.09. The smallest absolute Gasteiger partial charge is 0.254 e. The third kappa shape index (κ3) is 3.18. The van der Waals surface area contributed by atoms with Crippen LogP contribution in [0.4, 0.5) is 0 Å². The molecule has 0 radical (unpaired) electrons. The molecule has 1 aliphatic heterocycles. The summed E-state index contributed by atoms with van der Waals surface area (Å²) in [6.45, 7) is 2.37. The van der Waals surface area contributed by atoms with E-state index in [1.165, 1.54) is 0 Å². The quantitative estimate of drug-likeness (QED) is 0.774. The summed E-state index contributed by atoms with van der Waals surface area (Å²) in [6.07, 6.45) is 1.49. The summed E-state index contributed by atoms with van der Waals surface area (Å²) in [4.78, 5) is 26.4. The Labute approximate surface area is 156 Å². The molecule has 6 heteroatoms. The molecule has 1 aliphatic rings. The number of nitrogens with two attached hydrogens (primary N) is 1. The number of primary amides is 1. The molecule has 0 spiro atoms. The molecule has 0 aliphatic carbocycles. The van der Waals surface area contributed by atoms with Gasteiger partial charge >= 0.3 is 0 Å². The van der Waals surface area contributed by atoms with Crippen LogP contribution in [0.15, 0.2) is 53.1 Å². The van der Waals surface area contributed by atoms with E-state index in [-0.39, 0.29) is 23.8 Å². The zero-order valence-electron chi connectivity index (χ0n) is 15.1. The van der Waals surface area contributed by atoms with Crippen molar-refractivity contribution in [2.45, 2.75) is 25.8 Å². The highest BCUT2D eigenvalue weighted by Crippen LogP contribution is 2.30. The van der Waals surface area contributed by atoms with Gasteiger partial charge in [-0.2, -0.15) is 0 Å². The monoisotopic (exact) mass is 363 g/mol. The lowest BCUT2D eigenvalue weighted by Crippen LogP contribution is -2.48. The van der Waals surface area contributed by atoms with Crippen LogP contribution in [0, 0.1) is 5.92 Å². The Balaban J connectivity index is 1.69. The Morgan fingerprint density at radius 2 is 1.93 bits per heavy atom. The van der Waals surface area contributed by atoms with Crippen LogP contribution in [0.3, 0.4) is 0 Å². The van der Waals surface area contributed by atoms with Crippen LogP contribution in [-0.4, -0.2) is 34.5 Å². The van der Waals surface area contributed by atoms with Crippen molar-refractivity contribution in [2.75, 3.05) is 6.54 Å². The number of rotatable bonds is 3. The third-order valence-electron chi connectivity index (χ3n) is 5.30. The minimum absolute atomic E-state index is 0.0693. The molecule has 0 unspecified atom stereocenters. The number of fused-ring (bicyclic) bond motifs is 1. The lowest BCUT2D eigenvalue weighted by Gasteiger charge is -2.37. The van der Waals surface area contributed by atoms with Crippen LogP contribution in [-0.2, 0) is 4.79 Å². The van der Waals surface area contributed by atoms with Gasteiger partial charge in [-0.25, -0.2) is 0 Å². The molecule has 1 saturated heterocycles. The second kappa shape index (κ2) is 6.87. The van der Waals surface area contributed by atoms with Gasteiger partial charge in [0.05, 0.1) is 11.3 Å². The van der Waals surface area contributed by atoms with Gasteiger partial charge in [-0.1, -0.05) is 35.5 Å². The first-order valence-electron chi connectivity index (χ1n) is 9.09. The van der Waals surface area contributed by atoms with E-state index in [0.717, 1.165) is 23.8 Å². The molecular formula is C21H21N3O3. The molecule has 2 amide bonds. The molecule has 2 heterocycles. The summed E-state index contributed by atoms with van der Waals surface area (Å²) in [5.74, 6) is -0.0950. The van der Waals surface area contributed by atoms with Crippen molar-refractivity contribution in [1.29, 1.82) is 0 Å². The summed E-state index contributed by atoms with van der Waals surface area (Å²) in [6, 6.07) is 15.1. The van der Waals surface area contributed by atoms with E-state index >= 15 is 0 Å². The van der Waals surface area contributed by atoms with Crippen molar-refractivity contribution in [3.8, 4) is 11.3 Å². The van der Waals surface area contributed by atoms with Crippen LogP contribution in [0.2, 0.25) is 0 Å². The third-order valence-corrected chi connectivity index (χ3v) is 5.30. The van der Waals surface area contributed by atoms with E-state index < -0.39 is 0 Å². The van der Waals surface area contributed by atoms with Crippen molar-refractivity contribution in [1.82, 2.24) is 10.1 Å². The first kappa shape index (κ1) is 17.3. The van der Waals surface area contributed by atoms with Crippen LogP contribution < -0.4 is 5.73 Å². The maximum Gasteiger partial charge on any atom is 0.254 e. The fraction of sp³-hybridized carbons (Fsp3) is 0.286. The molecule has 0 saturated carbocycles. The fourth-order valence-electron chi connectivity index (χ4n) is 3.66. The van der Waals surface area contributed by atoms with Crippen LogP contribution >= 0.6 is 0 Å². The zero-order chi connectivity index (χ0) is 19.0. The van der Waals surface area contributed by atoms with E-state index in [1.54, 1.807) is 17.0 Å². The lowest BCUT2D eigenvalue weighted by molar-refractivity contribution is -0.123. The average molecular weight is 363 g/mol. The van der Waals surface area contributed by atoms with Crippen molar-refractivity contribution in [3.63, 3.8) is 0 Å². The average Bonchev–Trinajstić information content (AvgIpc) is 3.11. The van der Waals surface area contributed by atoms with Crippen LogP contribution in [0.25, 0.3) is 22.2 Å². The summed E-state index contributed by atoms with van der Waals surface area (Å²) < 4.78 is 5.51. The Morgan fingerprint density at radius 1 is 1.15 bits per heavy atom. The molecule has 3 aromatic rings. The summed E-state index contributed by atoms with van der Waals surface area (Å²) in [5.41, 5.74) is 7.62. The maximum atomic E-state index is 13.1. The second-order valence-corrected chi connectivity index (χ2v) is 7.09. The highest BCUT2D eigenvalue weighted by atomic mass is 16.5. The van der Waals surface area contributed by atoms with Gasteiger partial charge in [0.1, 0.15) is 5.52 Å². The zero-order valence-corrected chi connectivity index (χ0v) is 15.1. The number of carbonyl (C=O) groups excluding carboxylic acids is 2. The molecule has 0 bridgehead atoms. The van der Waals surface area contributed by atoms with E-state index in [9.17, 15) is 9.59 Å². The van der Waals surface area contributed by atoms with Gasteiger partial charge in [0.25, 0.3) is 5.91 Å². The maximum absolute atomic E-state index is 13.1. The number of amides is 2. The number of likely N-dealkylation sites (tertiary alicyclic amines) is 1. The summed E-state index contributed by atoms with van der Waals surface area (Å²) in [5, 5.41) is 4.89. The van der Waals surface area contributed by atoms with Crippen molar-refractivity contribution in [2.24, 2.45) is 11.7 Å². The van der Waals surface area contributed by atoms with Gasteiger partial charge in [-0.3, -0.25) is 9.59 Å². The van der Waals surface area contributed by atoms with Crippen LogP contribution in [0.5, 0.6) is 0 Å². The summed E-state index contributed by atoms with van der Waals surface area (Å²) >= 11 is 0. The molecule has 2 N–H and O–H groups in total. The minimum atomic E-state index is -0.347. The largest absolute Gasteiger partial charge is 0.369 e. The van der Waals surface area contributed by atoms with Gasteiger partial charge in [0.15, 0.2) is 5.76 Å². The van der Waals surface area contributed by atoms with Gasteiger partial charge in [-0.15, -0.1) is 0 Å². The standard InChI is InChI=1S/C21H21N3O3/c1-13-7-8-16(20(22)25)12-24(13)21(26)15-9-10-18-17(11-15)19(27-23-18)14-5-3-2-4-6-14/h2-6,9-11,13,16H,7-8,12H2,1H3,(H2,22,25)/t13-,16+/m0/s1. The van der Waals surface area contributed by atoms with Crippen molar-refractivity contribution >= 4 is 22.7 Å². The fourth-order valence-corrected chi connectivity index (χ4v) is 3.66. The predicted molar refractivity (Wildman–Crippen MR) is 102 cm³/mol. The number of piperidine rings is 1. The predicted octanol–water partition coefficient (Wildman–Crippen LogP) is 3.22. The Hall–Kier alpha value is -3.15. The Bertz CT molecular complexity index is 996. The first-order chi connectivity index (χ1) is 13.0. The number of hydrogen-bond donors (Lipinski definition) is 1. The normalized spacial score (nSPS) is 20.0. The summed E-state index contributed by atoms with van der Waals surface area (Å²) in [7, 11) is 0. The van der Waals surface area contributed by atoms with Crippen LogP contribution in [0.1, 0.15) is 30.1 Å². The highest BCUT2D eigenvalue weighted by molar-refractivity contribution is 6.01. The van der Waals surface area contributed by atoms with Crippen molar-refractivity contribution in [3.05, 3.63) is 54.1 Å². The molecular weight excluding hydrogens is 342 g/mol. The van der Waals surface area contributed by atoms with E-state index in [2.05, 4.69) is 5.16 Å². The lowest BCUT2D eigenvalue weighted by atomic mass is 9.92. The van der Waals surface area contributed by atoms with Gasteiger partial charge in [-0.05, 0) is 38.0 Å². The molecule has 27 heavy (non-hydrogen) atoms. The van der Waals surface area contributed by atoms with Gasteiger partial charge < -0.3 is 15.2 Å². The molecule has 1 fully saturated rings. The number of hydrogen-bond acceptors (Lipinski definition) is 4. The van der Waals surface area contributed by atoms with E-state index in [4.69, 9.17) is 10.3 Å². The Kier molecular flexibility index (Phi) is 4.39. The minimum Gasteiger partial charge on any atom is -0.369 e. The molecule has 2 aromatic carbocycles. The van der Waals surface area contributed by atoms with Crippen molar-refractivity contribution < 1.29 is 14.1 Å². The molecule has 2 atom stereocenters. The van der Waals surface area contributed by atoms with Gasteiger partial charge in [0, 0.05) is 23.7 Å². The number of nitrogens with zero attached hydrogens (tertiary/aromatic N) is 2. The van der Waals surface area contributed by atoms with E-state index in [0.29, 0.717) is 23.4 Å².